The predicted molar refractivity (Wildman–Crippen MR) is 75.9 cm³/mol. The molecule has 0 aliphatic rings. The molecule has 2 aromatic rings. The maximum Gasteiger partial charge on any atom is 0.256 e. The summed E-state index contributed by atoms with van der Waals surface area (Å²) < 4.78 is 0.891. The van der Waals surface area contributed by atoms with E-state index < -0.39 is 0 Å². The molecule has 0 saturated heterocycles. The Balaban J connectivity index is 2.29. The van der Waals surface area contributed by atoms with Crippen molar-refractivity contribution < 1.29 is 4.79 Å². The number of anilines is 1. The number of halogens is 1. The molecule has 1 N–H and O–H groups in total. The molecule has 0 spiro atoms. The molecule has 0 bridgehead atoms. The highest BCUT2D eigenvalue weighted by Gasteiger charge is 2.13. The Morgan fingerprint density at radius 1 is 1.44 bits per heavy atom. The molecule has 0 saturated carbocycles. The number of hydrogen-bond donors (Lipinski definition) is 1. The van der Waals surface area contributed by atoms with Crippen LogP contribution in [0.4, 0.5) is 5.00 Å². The van der Waals surface area contributed by atoms with Crippen LogP contribution in [0.3, 0.4) is 0 Å². The van der Waals surface area contributed by atoms with Gasteiger partial charge in [0.1, 0.15) is 11.1 Å². The molecule has 3 nitrogen and oxygen atoms in total. The highest BCUT2D eigenvalue weighted by molar-refractivity contribution is 9.10. The molecule has 0 atom stereocenters. The van der Waals surface area contributed by atoms with Crippen LogP contribution >= 0.6 is 27.3 Å². The van der Waals surface area contributed by atoms with Gasteiger partial charge in [-0.25, -0.2) is 0 Å². The summed E-state index contributed by atoms with van der Waals surface area (Å²) in [7, 11) is 0. The number of nitriles is 1. The molecule has 1 aromatic carbocycles. The summed E-state index contributed by atoms with van der Waals surface area (Å²) in [5, 5.41) is 14.0. The fourth-order valence-electron chi connectivity index (χ4n) is 1.52. The van der Waals surface area contributed by atoms with Crippen LogP contribution in [0.2, 0.25) is 0 Å². The Morgan fingerprint density at radius 3 is 2.94 bits per heavy atom. The number of nitrogens with zero attached hydrogens (tertiary/aromatic N) is 1. The predicted octanol–water partition coefficient (Wildman–Crippen LogP) is 3.94. The number of thiophene rings is 1. The van der Waals surface area contributed by atoms with Crippen LogP contribution < -0.4 is 5.32 Å². The summed E-state index contributed by atoms with van der Waals surface area (Å²) in [5.74, 6) is -0.201. The summed E-state index contributed by atoms with van der Waals surface area (Å²) in [4.78, 5) is 12.1. The average molecular weight is 321 g/mol. The number of benzene rings is 1. The van der Waals surface area contributed by atoms with E-state index in [1.807, 2.05) is 25.1 Å². The third-order valence-electron chi connectivity index (χ3n) is 2.53. The molecule has 0 aliphatic heterocycles. The Morgan fingerprint density at radius 2 is 2.22 bits per heavy atom. The summed E-state index contributed by atoms with van der Waals surface area (Å²) in [6.45, 7) is 1.87. The molecule has 1 amide bonds. The smallest absolute Gasteiger partial charge is 0.256 e. The van der Waals surface area contributed by atoms with Crippen molar-refractivity contribution in [2.45, 2.75) is 6.92 Å². The maximum absolute atomic E-state index is 12.1. The van der Waals surface area contributed by atoms with Crippen molar-refractivity contribution in [3.63, 3.8) is 0 Å². The first-order valence-electron chi connectivity index (χ1n) is 5.17. The topological polar surface area (TPSA) is 52.9 Å². The van der Waals surface area contributed by atoms with E-state index in [4.69, 9.17) is 5.26 Å². The van der Waals surface area contributed by atoms with E-state index in [-0.39, 0.29) is 5.91 Å². The van der Waals surface area contributed by atoms with Gasteiger partial charge in [-0.1, -0.05) is 22.0 Å². The van der Waals surface area contributed by atoms with E-state index in [0.717, 1.165) is 10.0 Å². The second-order valence-electron chi connectivity index (χ2n) is 3.64. The number of nitrogens with one attached hydrogen (secondary N) is 1. The van der Waals surface area contributed by atoms with Gasteiger partial charge in [0.25, 0.3) is 5.91 Å². The molecule has 0 fully saturated rings. The molecule has 5 heteroatoms. The molecule has 90 valence electrons. The van der Waals surface area contributed by atoms with Crippen LogP contribution in [0.15, 0.2) is 34.1 Å². The lowest BCUT2D eigenvalue weighted by molar-refractivity contribution is 0.102. The van der Waals surface area contributed by atoms with Gasteiger partial charge in [0, 0.05) is 10.0 Å². The minimum Gasteiger partial charge on any atom is -0.312 e. The summed E-state index contributed by atoms with van der Waals surface area (Å²) in [5.41, 5.74) is 1.97. The first kappa shape index (κ1) is 12.8. The lowest BCUT2D eigenvalue weighted by Crippen LogP contribution is -2.13. The lowest BCUT2D eigenvalue weighted by Gasteiger charge is -2.07. The van der Waals surface area contributed by atoms with E-state index in [1.165, 1.54) is 11.3 Å². The van der Waals surface area contributed by atoms with Gasteiger partial charge >= 0.3 is 0 Å². The first-order valence-corrected chi connectivity index (χ1v) is 6.85. The molecule has 18 heavy (non-hydrogen) atoms. The van der Waals surface area contributed by atoms with Crippen LogP contribution in [-0.4, -0.2) is 5.91 Å². The minimum absolute atomic E-state index is 0.201. The van der Waals surface area contributed by atoms with Gasteiger partial charge in [-0.3, -0.25) is 4.79 Å². The van der Waals surface area contributed by atoms with Crippen LogP contribution in [0.1, 0.15) is 21.5 Å². The number of carbonyl (C=O) groups excluding carboxylic acids is 1. The van der Waals surface area contributed by atoms with Gasteiger partial charge in [0.05, 0.1) is 5.56 Å². The van der Waals surface area contributed by atoms with Crippen LogP contribution in [0.25, 0.3) is 0 Å². The average Bonchev–Trinajstić information content (AvgIpc) is 2.79. The molecular weight excluding hydrogens is 312 g/mol. The molecular formula is C13H9BrN2OS. The normalized spacial score (nSPS) is 9.83. The van der Waals surface area contributed by atoms with Crippen molar-refractivity contribution in [1.29, 1.82) is 5.26 Å². The highest BCUT2D eigenvalue weighted by Crippen LogP contribution is 2.25. The SMILES string of the molecule is Cc1c(Br)cccc1C(=O)Nc1sccc1C#N. The van der Waals surface area contributed by atoms with Crippen LogP contribution in [-0.2, 0) is 0 Å². The van der Waals surface area contributed by atoms with Gasteiger partial charge in [0.15, 0.2) is 0 Å². The first-order chi connectivity index (χ1) is 8.63. The monoisotopic (exact) mass is 320 g/mol. The summed E-state index contributed by atoms with van der Waals surface area (Å²) >= 11 is 4.73. The quantitative estimate of drug-likeness (QED) is 0.911. The Kier molecular flexibility index (Phi) is 3.80. The molecule has 0 radical (unpaired) electrons. The molecule has 1 heterocycles. The Bertz CT molecular complexity index is 643. The van der Waals surface area contributed by atoms with Crippen LogP contribution in [0.5, 0.6) is 0 Å². The number of hydrogen-bond acceptors (Lipinski definition) is 3. The summed E-state index contributed by atoms with van der Waals surface area (Å²) in [6.07, 6.45) is 0. The zero-order valence-corrected chi connectivity index (χ0v) is 11.9. The van der Waals surface area contributed by atoms with Gasteiger partial charge in [-0.2, -0.15) is 5.26 Å². The van der Waals surface area contributed by atoms with E-state index in [9.17, 15) is 4.79 Å². The van der Waals surface area contributed by atoms with Crippen molar-refractivity contribution in [3.8, 4) is 6.07 Å². The number of amides is 1. The van der Waals surface area contributed by atoms with Gasteiger partial charge < -0.3 is 5.32 Å². The zero-order chi connectivity index (χ0) is 13.1. The fraction of sp³-hybridized carbons (Fsp3) is 0.0769. The van der Waals surface area contributed by atoms with E-state index >= 15 is 0 Å². The molecule has 0 unspecified atom stereocenters. The second kappa shape index (κ2) is 5.34. The third kappa shape index (κ3) is 2.45. The summed E-state index contributed by atoms with van der Waals surface area (Å²) in [6, 6.07) is 9.19. The van der Waals surface area contributed by atoms with Crippen molar-refractivity contribution in [2.24, 2.45) is 0 Å². The molecule has 1 aromatic heterocycles. The van der Waals surface area contributed by atoms with E-state index in [0.29, 0.717) is 16.1 Å². The third-order valence-corrected chi connectivity index (χ3v) is 4.21. The Hall–Kier alpha value is -1.64. The van der Waals surface area contributed by atoms with Gasteiger partial charge in [-0.15, -0.1) is 11.3 Å². The molecule has 2 rings (SSSR count). The van der Waals surface area contributed by atoms with Crippen molar-refractivity contribution in [2.75, 3.05) is 5.32 Å². The standard InChI is InChI=1S/C13H9BrN2OS/c1-8-10(3-2-4-11(8)14)12(17)16-13-9(7-15)5-6-18-13/h2-6H,1H3,(H,16,17). The van der Waals surface area contributed by atoms with Crippen molar-refractivity contribution >= 4 is 38.2 Å². The van der Waals surface area contributed by atoms with Crippen LogP contribution in [0, 0.1) is 18.3 Å². The number of rotatable bonds is 2. The van der Waals surface area contributed by atoms with Crippen molar-refractivity contribution in [3.05, 3.63) is 50.8 Å². The largest absolute Gasteiger partial charge is 0.312 e. The van der Waals surface area contributed by atoms with Gasteiger partial charge in [0.2, 0.25) is 0 Å². The van der Waals surface area contributed by atoms with E-state index in [1.54, 1.807) is 17.5 Å². The number of carbonyl (C=O) groups is 1. The maximum atomic E-state index is 12.1. The molecule has 0 aliphatic carbocycles. The zero-order valence-electron chi connectivity index (χ0n) is 9.53. The fourth-order valence-corrected chi connectivity index (χ4v) is 2.62. The highest BCUT2D eigenvalue weighted by atomic mass is 79.9. The minimum atomic E-state index is -0.201. The second-order valence-corrected chi connectivity index (χ2v) is 5.41. The Labute approximate surface area is 117 Å². The van der Waals surface area contributed by atoms with Crippen molar-refractivity contribution in [1.82, 2.24) is 0 Å². The van der Waals surface area contributed by atoms with E-state index in [2.05, 4.69) is 21.2 Å². The van der Waals surface area contributed by atoms with Gasteiger partial charge in [-0.05, 0) is 36.1 Å². The lowest BCUT2D eigenvalue weighted by atomic mass is 10.1.